The number of hydrogen-bond acceptors (Lipinski definition) is 7. The van der Waals surface area contributed by atoms with Crippen molar-refractivity contribution in [1.82, 2.24) is 0 Å². The molecule has 0 aliphatic heterocycles. The Hall–Kier alpha value is -2.97. The van der Waals surface area contributed by atoms with E-state index in [1.165, 1.54) is 38.5 Å². The Balaban J connectivity index is 2.68. The van der Waals surface area contributed by atoms with Crippen molar-refractivity contribution in [2.45, 2.75) is 5.92 Å². The summed E-state index contributed by atoms with van der Waals surface area (Å²) in [5.41, 5.74) is 0.837. The van der Waals surface area contributed by atoms with E-state index in [1.54, 1.807) is 12.1 Å². The quantitative estimate of drug-likeness (QED) is 0.434. The van der Waals surface area contributed by atoms with E-state index in [0.717, 1.165) is 0 Å². The first-order valence-corrected chi connectivity index (χ1v) is 8.56. The molecular weight excluding hydrogens is 368 g/mol. The van der Waals surface area contributed by atoms with Gasteiger partial charge in [0.15, 0.2) is 23.0 Å². The average molecular weight is 392 g/mol. The predicted molar refractivity (Wildman–Crippen MR) is 99.9 cm³/mol. The highest BCUT2D eigenvalue weighted by Gasteiger charge is 2.37. The summed E-state index contributed by atoms with van der Waals surface area (Å²) in [4.78, 5) is 12.1. The average Bonchev–Trinajstić information content (AvgIpc) is 2.68. The summed E-state index contributed by atoms with van der Waals surface area (Å²) in [6.45, 7) is -1.09. The number of rotatable bonds is 9. The van der Waals surface area contributed by atoms with E-state index >= 15 is 0 Å². The summed E-state index contributed by atoms with van der Waals surface area (Å²) in [7, 11) is 2.78. The topological polar surface area (TPSA) is 137 Å². The van der Waals surface area contributed by atoms with E-state index in [4.69, 9.17) is 9.47 Å². The first-order chi connectivity index (χ1) is 13.4. The van der Waals surface area contributed by atoms with Crippen LogP contribution in [0.3, 0.4) is 0 Å². The van der Waals surface area contributed by atoms with Crippen LogP contribution in [-0.4, -0.2) is 58.9 Å². The number of carboxylic acids is 1. The molecule has 0 bridgehead atoms. The fourth-order valence-corrected chi connectivity index (χ4v) is 3.31. The number of aliphatic carboxylic acids is 1. The third kappa shape index (κ3) is 4.29. The van der Waals surface area contributed by atoms with Crippen molar-refractivity contribution >= 4 is 5.97 Å². The number of methoxy groups -OCH3 is 2. The molecule has 28 heavy (non-hydrogen) atoms. The smallest absolute Gasteiger partial charge is 0.307 e. The highest BCUT2D eigenvalue weighted by Crippen LogP contribution is 2.42. The zero-order valence-electron chi connectivity index (χ0n) is 15.6. The maximum absolute atomic E-state index is 12.1. The number of aliphatic hydroxyl groups excluding tert-OH is 2. The van der Waals surface area contributed by atoms with Crippen LogP contribution in [0.25, 0.3) is 0 Å². The first kappa shape index (κ1) is 21.3. The van der Waals surface area contributed by atoms with Crippen molar-refractivity contribution < 1.29 is 39.8 Å². The molecule has 0 amide bonds. The molecule has 2 aromatic carbocycles. The Labute approximate surface area is 162 Å². The summed E-state index contributed by atoms with van der Waals surface area (Å²) in [5.74, 6) is -4.24. The van der Waals surface area contributed by atoms with Crippen molar-refractivity contribution in [3.8, 4) is 23.0 Å². The maximum atomic E-state index is 12.1. The van der Waals surface area contributed by atoms with Crippen LogP contribution in [0.2, 0.25) is 0 Å². The van der Waals surface area contributed by atoms with Gasteiger partial charge in [-0.15, -0.1) is 0 Å². The second-order valence-electron chi connectivity index (χ2n) is 6.33. The van der Waals surface area contributed by atoms with Gasteiger partial charge in [0.1, 0.15) is 0 Å². The van der Waals surface area contributed by atoms with Crippen molar-refractivity contribution in [2.75, 3.05) is 27.4 Å². The molecule has 0 saturated carbocycles. The third-order valence-electron chi connectivity index (χ3n) is 4.75. The maximum Gasteiger partial charge on any atom is 0.307 e. The van der Waals surface area contributed by atoms with Crippen LogP contribution in [0.5, 0.6) is 23.0 Å². The van der Waals surface area contributed by atoms with E-state index in [9.17, 15) is 30.3 Å². The molecule has 8 nitrogen and oxygen atoms in total. The first-order valence-electron chi connectivity index (χ1n) is 8.56. The second-order valence-corrected chi connectivity index (χ2v) is 6.33. The van der Waals surface area contributed by atoms with Gasteiger partial charge in [-0.1, -0.05) is 12.1 Å². The monoisotopic (exact) mass is 392 g/mol. The molecule has 0 unspecified atom stereocenters. The van der Waals surface area contributed by atoms with Crippen molar-refractivity contribution in [1.29, 1.82) is 0 Å². The van der Waals surface area contributed by atoms with E-state index in [1.807, 2.05) is 0 Å². The van der Waals surface area contributed by atoms with Gasteiger partial charge < -0.3 is 35.0 Å². The number of benzene rings is 2. The second kappa shape index (κ2) is 9.29. The standard InChI is InChI=1S/C20H24O8/c1-27-16-5-3-11(7-14(16)23)18(19(20(25)26)13(9-21)10-22)12-4-6-17(28-2)15(24)8-12/h3-8,13,18-19,21-24H,9-10H2,1-2H3,(H,25,26)/t19-/m1/s1. The molecule has 0 aliphatic carbocycles. The molecular formula is C20H24O8. The van der Waals surface area contributed by atoms with Crippen molar-refractivity contribution in [3.63, 3.8) is 0 Å². The Morgan fingerprint density at radius 3 is 1.61 bits per heavy atom. The Bertz CT molecular complexity index is 762. The molecule has 0 heterocycles. The zero-order chi connectivity index (χ0) is 20.8. The number of phenolic OH excluding ortho intramolecular Hbond substituents is 2. The van der Waals surface area contributed by atoms with Gasteiger partial charge in [0.05, 0.1) is 20.1 Å². The van der Waals surface area contributed by atoms with Crippen LogP contribution in [0.4, 0.5) is 0 Å². The van der Waals surface area contributed by atoms with E-state index in [2.05, 4.69) is 0 Å². The van der Waals surface area contributed by atoms with Gasteiger partial charge in [-0.3, -0.25) is 4.79 Å². The lowest BCUT2D eigenvalue weighted by Gasteiger charge is -2.30. The summed E-state index contributed by atoms with van der Waals surface area (Å²) >= 11 is 0. The summed E-state index contributed by atoms with van der Waals surface area (Å²) < 4.78 is 10.1. The molecule has 5 N–H and O–H groups in total. The van der Waals surface area contributed by atoms with Crippen LogP contribution in [0, 0.1) is 11.8 Å². The minimum atomic E-state index is -1.23. The number of ether oxygens (including phenoxy) is 2. The summed E-state index contributed by atoms with van der Waals surface area (Å²) in [6, 6.07) is 8.90. The minimum Gasteiger partial charge on any atom is -0.504 e. The van der Waals surface area contributed by atoms with E-state index in [-0.39, 0.29) is 23.0 Å². The minimum absolute atomic E-state index is 0.184. The lowest BCUT2D eigenvalue weighted by atomic mass is 9.74. The number of carbonyl (C=O) groups is 1. The normalized spacial score (nSPS) is 12.2. The van der Waals surface area contributed by atoms with Crippen LogP contribution in [-0.2, 0) is 4.79 Å². The highest BCUT2D eigenvalue weighted by molar-refractivity contribution is 5.73. The Morgan fingerprint density at radius 2 is 1.32 bits per heavy atom. The number of phenols is 2. The summed E-state index contributed by atoms with van der Waals surface area (Å²) in [5, 5.41) is 49.4. The molecule has 0 aliphatic rings. The van der Waals surface area contributed by atoms with Crippen LogP contribution >= 0.6 is 0 Å². The molecule has 0 fully saturated rings. The molecule has 1 atom stereocenters. The van der Waals surface area contributed by atoms with Gasteiger partial charge in [-0.25, -0.2) is 0 Å². The van der Waals surface area contributed by atoms with Gasteiger partial charge in [-0.05, 0) is 35.4 Å². The van der Waals surface area contributed by atoms with Gasteiger partial charge in [0, 0.05) is 25.0 Å². The Morgan fingerprint density at radius 1 is 0.893 bits per heavy atom. The number of hydrogen-bond donors (Lipinski definition) is 5. The highest BCUT2D eigenvalue weighted by atomic mass is 16.5. The molecule has 2 aromatic rings. The SMILES string of the molecule is COc1ccc(C(c2ccc(OC)c(O)c2)[C@H](C(=O)O)C(CO)CO)cc1O. The van der Waals surface area contributed by atoms with Crippen molar-refractivity contribution in [2.24, 2.45) is 11.8 Å². The van der Waals surface area contributed by atoms with Crippen LogP contribution in [0.1, 0.15) is 17.0 Å². The van der Waals surface area contributed by atoms with Gasteiger partial charge >= 0.3 is 5.97 Å². The molecule has 0 aromatic heterocycles. The van der Waals surface area contributed by atoms with E-state index < -0.39 is 36.9 Å². The predicted octanol–water partition coefficient (Wildman–Crippen LogP) is 1.55. The summed E-state index contributed by atoms with van der Waals surface area (Å²) in [6.07, 6.45) is 0. The third-order valence-corrected chi connectivity index (χ3v) is 4.75. The van der Waals surface area contributed by atoms with Crippen LogP contribution in [0.15, 0.2) is 36.4 Å². The number of aliphatic hydroxyl groups is 2. The lowest BCUT2D eigenvalue weighted by molar-refractivity contribution is -0.145. The fourth-order valence-electron chi connectivity index (χ4n) is 3.31. The van der Waals surface area contributed by atoms with Gasteiger partial charge in [0.2, 0.25) is 0 Å². The van der Waals surface area contributed by atoms with Gasteiger partial charge in [0.25, 0.3) is 0 Å². The fraction of sp³-hybridized carbons (Fsp3) is 0.350. The Kier molecular flexibility index (Phi) is 7.08. The largest absolute Gasteiger partial charge is 0.504 e. The van der Waals surface area contributed by atoms with Crippen molar-refractivity contribution in [3.05, 3.63) is 47.5 Å². The van der Waals surface area contributed by atoms with Crippen LogP contribution < -0.4 is 9.47 Å². The number of aromatic hydroxyl groups is 2. The molecule has 0 spiro atoms. The molecule has 0 saturated heterocycles. The van der Waals surface area contributed by atoms with Gasteiger partial charge in [-0.2, -0.15) is 0 Å². The lowest BCUT2D eigenvalue weighted by Crippen LogP contribution is -2.34. The zero-order valence-corrected chi connectivity index (χ0v) is 15.6. The molecule has 0 radical (unpaired) electrons. The molecule has 2 rings (SSSR count). The number of carboxylic acid groups (broad SMARTS) is 1. The van der Waals surface area contributed by atoms with E-state index in [0.29, 0.717) is 11.1 Å². The molecule has 8 heteroatoms. The molecule has 152 valence electrons.